The zero-order chi connectivity index (χ0) is 13.4. The second-order valence-corrected chi connectivity index (χ2v) is 4.51. The molecule has 0 aliphatic rings. The summed E-state index contributed by atoms with van der Waals surface area (Å²) >= 11 is 6.16. The SMILES string of the molecule is COc1ccc2[nH]c(=O)n(-c3ccccc3Cl)c2c1. The first-order valence-electron chi connectivity index (χ1n) is 5.74. The Morgan fingerprint density at radius 3 is 2.74 bits per heavy atom. The number of fused-ring (bicyclic) bond motifs is 1. The Morgan fingerprint density at radius 1 is 1.21 bits per heavy atom. The van der Waals surface area contributed by atoms with Crippen molar-refractivity contribution in [2.24, 2.45) is 0 Å². The van der Waals surface area contributed by atoms with Gasteiger partial charge in [0.25, 0.3) is 0 Å². The van der Waals surface area contributed by atoms with Crippen LogP contribution in [0.1, 0.15) is 0 Å². The van der Waals surface area contributed by atoms with Gasteiger partial charge in [-0.3, -0.25) is 4.57 Å². The van der Waals surface area contributed by atoms with Crippen molar-refractivity contribution in [3.63, 3.8) is 0 Å². The summed E-state index contributed by atoms with van der Waals surface area (Å²) in [5.41, 5.74) is 1.90. The highest BCUT2D eigenvalue weighted by Crippen LogP contribution is 2.24. The molecule has 1 heterocycles. The fourth-order valence-corrected chi connectivity index (χ4v) is 2.30. The summed E-state index contributed by atoms with van der Waals surface area (Å²) in [6, 6.07) is 12.6. The van der Waals surface area contributed by atoms with Crippen molar-refractivity contribution in [3.8, 4) is 11.4 Å². The van der Waals surface area contributed by atoms with Crippen molar-refractivity contribution in [2.45, 2.75) is 0 Å². The van der Waals surface area contributed by atoms with Gasteiger partial charge in [-0.1, -0.05) is 23.7 Å². The second-order valence-electron chi connectivity index (χ2n) is 4.10. The Hall–Kier alpha value is -2.20. The maximum Gasteiger partial charge on any atom is 0.331 e. The lowest BCUT2D eigenvalue weighted by Crippen LogP contribution is -2.14. The predicted octanol–water partition coefficient (Wildman–Crippen LogP) is 2.98. The lowest BCUT2D eigenvalue weighted by atomic mass is 10.2. The summed E-state index contributed by atoms with van der Waals surface area (Å²) < 4.78 is 6.73. The normalized spacial score (nSPS) is 10.8. The predicted molar refractivity (Wildman–Crippen MR) is 75.5 cm³/mol. The molecule has 2 aromatic carbocycles. The van der Waals surface area contributed by atoms with E-state index in [9.17, 15) is 4.79 Å². The molecule has 0 atom stereocenters. The molecule has 0 saturated carbocycles. The number of rotatable bonds is 2. The molecule has 0 saturated heterocycles. The van der Waals surface area contributed by atoms with Crippen LogP contribution in [0.25, 0.3) is 16.7 Å². The average molecular weight is 275 g/mol. The minimum atomic E-state index is -0.226. The third-order valence-corrected chi connectivity index (χ3v) is 3.30. The van der Waals surface area contributed by atoms with Crippen molar-refractivity contribution in [1.82, 2.24) is 9.55 Å². The smallest absolute Gasteiger partial charge is 0.331 e. The molecule has 0 bridgehead atoms. The van der Waals surface area contributed by atoms with Crippen LogP contribution in [0.4, 0.5) is 0 Å². The first kappa shape index (κ1) is 11.9. The minimum absolute atomic E-state index is 0.226. The van der Waals surface area contributed by atoms with Gasteiger partial charge in [-0.2, -0.15) is 0 Å². The van der Waals surface area contributed by atoms with E-state index in [-0.39, 0.29) is 5.69 Å². The Bertz CT molecular complexity index is 805. The molecule has 3 aromatic rings. The van der Waals surface area contributed by atoms with Crippen molar-refractivity contribution < 1.29 is 4.74 Å². The summed E-state index contributed by atoms with van der Waals surface area (Å²) in [5.74, 6) is 0.687. The van der Waals surface area contributed by atoms with Crippen LogP contribution in [-0.2, 0) is 0 Å². The van der Waals surface area contributed by atoms with E-state index in [1.54, 1.807) is 35.9 Å². The summed E-state index contributed by atoms with van der Waals surface area (Å²) in [6.45, 7) is 0. The Morgan fingerprint density at radius 2 is 2.00 bits per heavy atom. The topological polar surface area (TPSA) is 47.0 Å². The number of hydrogen-bond acceptors (Lipinski definition) is 2. The lowest BCUT2D eigenvalue weighted by Gasteiger charge is -2.06. The Labute approximate surface area is 114 Å². The quantitative estimate of drug-likeness (QED) is 0.781. The van der Waals surface area contributed by atoms with E-state index in [0.29, 0.717) is 16.5 Å². The van der Waals surface area contributed by atoms with E-state index in [0.717, 1.165) is 11.0 Å². The van der Waals surface area contributed by atoms with Gasteiger partial charge in [-0.25, -0.2) is 4.79 Å². The summed E-state index contributed by atoms with van der Waals surface area (Å²) in [6.07, 6.45) is 0. The van der Waals surface area contributed by atoms with Crippen LogP contribution in [0.3, 0.4) is 0 Å². The third kappa shape index (κ3) is 1.90. The molecule has 0 unspecified atom stereocenters. The molecular weight excluding hydrogens is 264 g/mol. The number of aromatic amines is 1. The van der Waals surface area contributed by atoms with Crippen molar-refractivity contribution in [1.29, 1.82) is 0 Å². The van der Waals surface area contributed by atoms with Crippen LogP contribution in [0.15, 0.2) is 47.3 Å². The van der Waals surface area contributed by atoms with Gasteiger partial charge in [0.1, 0.15) is 5.75 Å². The summed E-state index contributed by atoms with van der Waals surface area (Å²) in [4.78, 5) is 14.9. The standard InChI is InChI=1S/C14H11ClN2O2/c1-19-9-6-7-11-13(8-9)17(14(18)16-11)12-5-3-2-4-10(12)15/h2-8H,1H3,(H,16,18). The molecule has 0 amide bonds. The molecule has 0 aliphatic heterocycles. The van der Waals surface area contributed by atoms with Gasteiger partial charge in [0.15, 0.2) is 0 Å². The van der Waals surface area contributed by atoms with E-state index < -0.39 is 0 Å². The highest BCUT2D eigenvalue weighted by atomic mass is 35.5. The Balaban J connectivity index is 2.37. The van der Waals surface area contributed by atoms with E-state index in [1.807, 2.05) is 18.2 Å². The fraction of sp³-hybridized carbons (Fsp3) is 0.0714. The number of ether oxygens (including phenoxy) is 1. The molecule has 96 valence electrons. The summed E-state index contributed by atoms with van der Waals surface area (Å²) in [7, 11) is 1.59. The van der Waals surface area contributed by atoms with Crippen LogP contribution in [0.2, 0.25) is 5.02 Å². The number of H-pyrrole nitrogens is 1. The van der Waals surface area contributed by atoms with Gasteiger partial charge >= 0.3 is 5.69 Å². The third-order valence-electron chi connectivity index (χ3n) is 2.98. The van der Waals surface area contributed by atoms with E-state index >= 15 is 0 Å². The van der Waals surface area contributed by atoms with Gasteiger partial charge < -0.3 is 9.72 Å². The molecule has 4 nitrogen and oxygen atoms in total. The van der Waals surface area contributed by atoms with Gasteiger partial charge in [-0.05, 0) is 24.3 Å². The zero-order valence-electron chi connectivity index (χ0n) is 10.2. The number of methoxy groups -OCH3 is 1. The van der Waals surface area contributed by atoms with E-state index in [4.69, 9.17) is 16.3 Å². The highest BCUT2D eigenvalue weighted by molar-refractivity contribution is 6.32. The van der Waals surface area contributed by atoms with Crippen LogP contribution in [0.5, 0.6) is 5.75 Å². The van der Waals surface area contributed by atoms with Crippen molar-refractivity contribution >= 4 is 22.6 Å². The molecular formula is C14H11ClN2O2. The van der Waals surface area contributed by atoms with E-state index in [1.165, 1.54) is 0 Å². The van der Waals surface area contributed by atoms with Gasteiger partial charge in [0.2, 0.25) is 0 Å². The molecule has 19 heavy (non-hydrogen) atoms. The number of hydrogen-bond donors (Lipinski definition) is 1. The average Bonchev–Trinajstić information content (AvgIpc) is 2.74. The van der Waals surface area contributed by atoms with Gasteiger partial charge in [0, 0.05) is 6.07 Å². The molecule has 3 rings (SSSR count). The van der Waals surface area contributed by atoms with Crippen LogP contribution in [-0.4, -0.2) is 16.7 Å². The van der Waals surface area contributed by atoms with Crippen molar-refractivity contribution in [3.05, 3.63) is 58.0 Å². The molecule has 0 aliphatic carbocycles. The van der Waals surface area contributed by atoms with E-state index in [2.05, 4.69) is 4.98 Å². The highest BCUT2D eigenvalue weighted by Gasteiger charge is 2.11. The molecule has 1 aromatic heterocycles. The fourth-order valence-electron chi connectivity index (χ4n) is 2.08. The second kappa shape index (κ2) is 4.48. The number of para-hydroxylation sites is 1. The number of halogens is 1. The maximum atomic E-state index is 12.1. The lowest BCUT2D eigenvalue weighted by molar-refractivity contribution is 0.415. The maximum absolute atomic E-state index is 12.1. The molecule has 0 fully saturated rings. The van der Waals surface area contributed by atoms with Crippen molar-refractivity contribution in [2.75, 3.05) is 7.11 Å². The number of nitrogens with zero attached hydrogens (tertiary/aromatic N) is 1. The zero-order valence-corrected chi connectivity index (χ0v) is 10.9. The van der Waals surface area contributed by atoms with Crippen LogP contribution >= 0.6 is 11.6 Å². The largest absolute Gasteiger partial charge is 0.497 e. The summed E-state index contributed by atoms with van der Waals surface area (Å²) in [5, 5.41) is 0.522. The first-order valence-corrected chi connectivity index (χ1v) is 6.12. The first-order chi connectivity index (χ1) is 9.20. The molecule has 0 spiro atoms. The molecule has 1 N–H and O–H groups in total. The molecule has 0 radical (unpaired) electrons. The number of imidazole rings is 1. The number of benzene rings is 2. The number of nitrogens with one attached hydrogen (secondary N) is 1. The minimum Gasteiger partial charge on any atom is -0.497 e. The van der Waals surface area contributed by atoms with Crippen LogP contribution in [0, 0.1) is 0 Å². The Kier molecular flexibility index (Phi) is 2.80. The number of aromatic nitrogens is 2. The van der Waals surface area contributed by atoms with Crippen LogP contribution < -0.4 is 10.4 Å². The molecule has 5 heteroatoms. The van der Waals surface area contributed by atoms with Gasteiger partial charge in [0.05, 0.1) is 28.9 Å². The van der Waals surface area contributed by atoms with Gasteiger partial charge in [-0.15, -0.1) is 0 Å². The monoisotopic (exact) mass is 274 g/mol.